The maximum Gasteiger partial charge on any atom is 0.309 e. The van der Waals surface area contributed by atoms with Crippen LogP contribution < -0.4 is 9.64 Å². The van der Waals surface area contributed by atoms with E-state index in [-0.39, 0.29) is 5.92 Å². The molecule has 1 unspecified atom stereocenters. The van der Waals surface area contributed by atoms with E-state index in [9.17, 15) is 4.79 Å². The molecule has 4 rings (SSSR count). The van der Waals surface area contributed by atoms with Gasteiger partial charge < -0.3 is 14.7 Å². The fourth-order valence-corrected chi connectivity index (χ4v) is 4.72. The van der Waals surface area contributed by atoms with Crippen LogP contribution in [-0.4, -0.2) is 43.2 Å². The van der Waals surface area contributed by atoms with Crippen LogP contribution in [0.25, 0.3) is 0 Å². The number of halogens is 1. The first kappa shape index (κ1) is 20.0. The summed E-state index contributed by atoms with van der Waals surface area (Å²) in [6.45, 7) is 3.99. The number of benzene rings is 2. The van der Waals surface area contributed by atoms with Gasteiger partial charge in [-0.05, 0) is 60.7 Å². The molecular formula is C23H27ClN2O3. The second kappa shape index (κ2) is 7.88. The summed E-state index contributed by atoms with van der Waals surface area (Å²) in [7, 11) is 3.84. The summed E-state index contributed by atoms with van der Waals surface area (Å²) in [6, 6.07) is 10.7. The Morgan fingerprint density at radius 3 is 2.72 bits per heavy atom. The van der Waals surface area contributed by atoms with Gasteiger partial charge in [0, 0.05) is 43.0 Å². The van der Waals surface area contributed by atoms with Crippen molar-refractivity contribution in [1.82, 2.24) is 4.90 Å². The Balaban J connectivity index is 1.59. The molecule has 0 saturated carbocycles. The van der Waals surface area contributed by atoms with Gasteiger partial charge in [0.25, 0.3) is 0 Å². The van der Waals surface area contributed by atoms with E-state index in [1.165, 1.54) is 16.7 Å². The van der Waals surface area contributed by atoms with Crippen LogP contribution in [0.4, 0.5) is 5.69 Å². The Morgan fingerprint density at radius 2 is 2.07 bits per heavy atom. The number of methoxy groups -OCH3 is 1. The van der Waals surface area contributed by atoms with E-state index in [0.717, 1.165) is 41.4 Å². The molecule has 2 aromatic rings. The smallest absolute Gasteiger partial charge is 0.309 e. The molecule has 1 atom stereocenters. The number of aryl methyl sites for hydroxylation is 1. The number of rotatable bonds is 6. The lowest BCUT2D eigenvalue weighted by Gasteiger charge is -2.37. The molecule has 1 aliphatic carbocycles. The number of carboxylic acid groups (broad SMARTS) is 1. The summed E-state index contributed by atoms with van der Waals surface area (Å²) in [5, 5.41) is 9.94. The van der Waals surface area contributed by atoms with Crippen LogP contribution in [0.5, 0.6) is 5.75 Å². The standard InChI is InChI=1S/C23H27ClN2O3/c1-14-10-16(4-7-20(14)24)25(2)21-8-5-17-18(21)6-9-22(29-3)19(17)13-26-11-15(12-26)23(27)28/h4,6-7,9-10,15,21H,5,8,11-13H2,1-3H3,(H,27,28). The highest BCUT2D eigenvalue weighted by atomic mass is 35.5. The number of anilines is 1. The number of hydrogen-bond donors (Lipinski definition) is 1. The van der Waals surface area contributed by atoms with Gasteiger partial charge in [-0.1, -0.05) is 17.7 Å². The average molecular weight is 415 g/mol. The SMILES string of the molecule is COc1ccc2c(c1CN1CC(C(=O)O)C1)CCC2N(C)c1ccc(Cl)c(C)c1. The zero-order chi connectivity index (χ0) is 20.7. The van der Waals surface area contributed by atoms with E-state index >= 15 is 0 Å². The Hall–Kier alpha value is -2.24. The topological polar surface area (TPSA) is 53.0 Å². The fourth-order valence-electron chi connectivity index (χ4n) is 4.61. The molecule has 29 heavy (non-hydrogen) atoms. The van der Waals surface area contributed by atoms with Gasteiger partial charge in [-0.25, -0.2) is 0 Å². The molecule has 0 aromatic heterocycles. The van der Waals surface area contributed by atoms with Gasteiger partial charge >= 0.3 is 5.97 Å². The molecule has 5 nitrogen and oxygen atoms in total. The Bertz CT molecular complexity index is 940. The third kappa shape index (κ3) is 3.69. The molecule has 6 heteroatoms. The maximum atomic E-state index is 11.1. The average Bonchev–Trinajstić information content (AvgIpc) is 3.09. The summed E-state index contributed by atoms with van der Waals surface area (Å²) < 4.78 is 5.65. The van der Waals surface area contributed by atoms with Crippen molar-refractivity contribution in [3.63, 3.8) is 0 Å². The van der Waals surface area contributed by atoms with Gasteiger partial charge in [0.15, 0.2) is 0 Å². The summed E-state index contributed by atoms with van der Waals surface area (Å²) in [6.07, 6.45) is 2.05. The van der Waals surface area contributed by atoms with Crippen LogP contribution in [0.1, 0.15) is 34.7 Å². The van der Waals surface area contributed by atoms with E-state index in [1.54, 1.807) is 7.11 Å². The Labute approximate surface area is 176 Å². The summed E-state index contributed by atoms with van der Waals surface area (Å²) in [5.41, 5.74) is 6.14. The highest BCUT2D eigenvalue weighted by Gasteiger charge is 2.35. The predicted molar refractivity (Wildman–Crippen MR) is 115 cm³/mol. The van der Waals surface area contributed by atoms with Gasteiger partial charge in [0.1, 0.15) is 5.75 Å². The van der Waals surface area contributed by atoms with Crippen LogP contribution in [-0.2, 0) is 17.8 Å². The molecule has 1 heterocycles. The fraction of sp³-hybridized carbons (Fsp3) is 0.435. The summed E-state index contributed by atoms with van der Waals surface area (Å²) in [4.78, 5) is 15.6. The zero-order valence-electron chi connectivity index (χ0n) is 17.1. The van der Waals surface area contributed by atoms with E-state index in [2.05, 4.69) is 41.1 Å². The minimum atomic E-state index is -0.702. The molecule has 0 bridgehead atoms. The highest BCUT2D eigenvalue weighted by molar-refractivity contribution is 6.31. The molecule has 1 N–H and O–H groups in total. The predicted octanol–water partition coefficient (Wildman–Crippen LogP) is 4.30. The van der Waals surface area contributed by atoms with E-state index in [0.29, 0.717) is 19.1 Å². The molecule has 1 saturated heterocycles. The van der Waals surface area contributed by atoms with Crippen LogP contribution in [0.15, 0.2) is 30.3 Å². The van der Waals surface area contributed by atoms with Crippen molar-refractivity contribution in [1.29, 1.82) is 0 Å². The minimum Gasteiger partial charge on any atom is -0.496 e. The third-order valence-corrected chi connectivity index (χ3v) is 6.80. The van der Waals surface area contributed by atoms with Crippen molar-refractivity contribution in [3.8, 4) is 5.75 Å². The number of fused-ring (bicyclic) bond motifs is 1. The molecule has 0 amide bonds. The van der Waals surface area contributed by atoms with Crippen LogP contribution in [0.3, 0.4) is 0 Å². The minimum absolute atomic E-state index is 0.246. The van der Waals surface area contributed by atoms with Crippen molar-refractivity contribution in [2.75, 3.05) is 32.1 Å². The molecule has 0 spiro atoms. The summed E-state index contributed by atoms with van der Waals surface area (Å²) in [5.74, 6) is -0.0515. The number of carbonyl (C=O) groups is 1. The van der Waals surface area contributed by atoms with Crippen molar-refractivity contribution >= 4 is 23.3 Å². The second-order valence-electron chi connectivity index (χ2n) is 8.14. The Morgan fingerprint density at radius 1 is 1.31 bits per heavy atom. The lowest BCUT2D eigenvalue weighted by Crippen LogP contribution is -2.49. The number of aliphatic carboxylic acids is 1. The largest absolute Gasteiger partial charge is 0.496 e. The number of hydrogen-bond acceptors (Lipinski definition) is 4. The number of likely N-dealkylation sites (tertiary alicyclic amines) is 1. The Kier molecular flexibility index (Phi) is 5.45. The van der Waals surface area contributed by atoms with E-state index in [1.807, 2.05) is 13.0 Å². The van der Waals surface area contributed by atoms with E-state index < -0.39 is 5.97 Å². The van der Waals surface area contributed by atoms with Crippen LogP contribution in [0.2, 0.25) is 5.02 Å². The lowest BCUT2D eigenvalue weighted by atomic mass is 9.96. The van der Waals surface area contributed by atoms with E-state index in [4.69, 9.17) is 21.4 Å². The highest BCUT2D eigenvalue weighted by Crippen LogP contribution is 2.42. The molecule has 2 aromatic carbocycles. The number of ether oxygens (including phenoxy) is 1. The molecule has 1 fully saturated rings. The van der Waals surface area contributed by atoms with Gasteiger partial charge in [-0.2, -0.15) is 0 Å². The molecule has 154 valence electrons. The number of nitrogens with zero attached hydrogens (tertiary/aromatic N) is 2. The monoisotopic (exact) mass is 414 g/mol. The zero-order valence-corrected chi connectivity index (χ0v) is 17.9. The van der Waals surface area contributed by atoms with Crippen molar-refractivity contribution < 1.29 is 14.6 Å². The van der Waals surface area contributed by atoms with Crippen molar-refractivity contribution in [2.24, 2.45) is 5.92 Å². The van der Waals surface area contributed by atoms with Gasteiger partial charge in [0.05, 0.1) is 19.1 Å². The molecule has 1 aliphatic heterocycles. The molecule has 0 radical (unpaired) electrons. The first-order valence-electron chi connectivity index (χ1n) is 10.0. The van der Waals surface area contributed by atoms with Crippen molar-refractivity contribution in [2.45, 2.75) is 32.4 Å². The van der Waals surface area contributed by atoms with Gasteiger partial charge in [-0.3, -0.25) is 9.69 Å². The normalized spacial score (nSPS) is 19.0. The third-order valence-electron chi connectivity index (χ3n) is 6.38. The molecule has 2 aliphatic rings. The molecular weight excluding hydrogens is 388 g/mol. The first-order valence-corrected chi connectivity index (χ1v) is 10.4. The lowest BCUT2D eigenvalue weighted by molar-refractivity contribution is -0.147. The van der Waals surface area contributed by atoms with Gasteiger partial charge in [0.2, 0.25) is 0 Å². The summed E-state index contributed by atoms with van der Waals surface area (Å²) >= 11 is 6.20. The quantitative estimate of drug-likeness (QED) is 0.763. The van der Waals surface area contributed by atoms with Gasteiger partial charge in [-0.15, -0.1) is 0 Å². The first-order chi connectivity index (χ1) is 13.9. The van der Waals surface area contributed by atoms with Crippen LogP contribution in [0, 0.1) is 12.8 Å². The number of carboxylic acids is 1. The second-order valence-corrected chi connectivity index (χ2v) is 8.55. The maximum absolute atomic E-state index is 11.1. The van der Waals surface area contributed by atoms with Crippen LogP contribution >= 0.6 is 11.6 Å². The van der Waals surface area contributed by atoms with Crippen molar-refractivity contribution in [3.05, 3.63) is 57.6 Å².